The normalized spacial score (nSPS) is 14.1. The Morgan fingerprint density at radius 2 is 1.48 bits per heavy atom. The van der Waals surface area contributed by atoms with Crippen LogP contribution < -0.4 is 15.8 Å². The third-order valence-corrected chi connectivity index (χ3v) is 4.04. The van der Waals surface area contributed by atoms with Crippen LogP contribution in [-0.2, 0) is 9.53 Å². The number of ether oxygens (including phenoxy) is 2. The molecule has 1 unspecified atom stereocenters. The summed E-state index contributed by atoms with van der Waals surface area (Å²) in [6.45, 7) is 1.54. The second-order valence-corrected chi connectivity index (χ2v) is 6.35. The molecule has 2 aromatic rings. The van der Waals surface area contributed by atoms with E-state index < -0.39 is 18.0 Å². The maximum Gasteiger partial charge on any atom is 0.338 e. The van der Waals surface area contributed by atoms with Crippen LogP contribution in [0.25, 0.3) is 0 Å². The lowest BCUT2D eigenvalue weighted by Gasteiger charge is -2.13. The van der Waals surface area contributed by atoms with E-state index in [9.17, 15) is 14.4 Å². The molecular weight excluding hydrogens is 348 g/mol. The van der Waals surface area contributed by atoms with Crippen molar-refractivity contribution < 1.29 is 23.9 Å². The van der Waals surface area contributed by atoms with Gasteiger partial charge in [-0.1, -0.05) is 0 Å². The highest BCUT2D eigenvalue weighted by Gasteiger charge is 2.27. The van der Waals surface area contributed by atoms with Crippen LogP contribution in [0.15, 0.2) is 48.5 Å². The number of carbonyl (C=O) groups excluding carboxylic acids is 3. The van der Waals surface area contributed by atoms with Gasteiger partial charge in [-0.2, -0.15) is 0 Å². The van der Waals surface area contributed by atoms with Crippen LogP contribution in [0.5, 0.6) is 11.5 Å². The van der Waals surface area contributed by atoms with Crippen LogP contribution in [0.3, 0.4) is 0 Å². The van der Waals surface area contributed by atoms with E-state index in [1.807, 2.05) is 0 Å². The molecule has 1 fully saturated rings. The second-order valence-electron chi connectivity index (χ2n) is 6.35. The van der Waals surface area contributed by atoms with Crippen LogP contribution in [-0.4, -0.2) is 29.9 Å². The third-order valence-electron chi connectivity index (χ3n) is 4.04. The van der Waals surface area contributed by atoms with E-state index in [0.29, 0.717) is 22.6 Å². The van der Waals surface area contributed by atoms with E-state index >= 15 is 0 Å². The lowest BCUT2D eigenvalue weighted by atomic mass is 10.2. The van der Waals surface area contributed by atoms with Gasteiger partial charge in [-0.3, -0.25) is 9.59 Å². The molecule has 27 heavy (non-hydrogen) atoms. The molecule has 0 heterocycles. The molecule has 1 aliphatic rings. The number of nitrogens with one attached hydrogen (secondary N) is 1. The number of primary amides is 1. The highest BCUT2D eigenvalue weighted by molar-refractivity contribution is 5.93. The van der Waals surface area contributed by atoms with Crippen LogP contribution in [0, 0.1) is 0 Å². The van der Waals surface area contributed by atoms with Crippen molar-refractivity contribution in [3.05, 3.63) is 59.7 Å². The minimum Gasteiger partial charge on any atom is -0.457 e. The average molecular weight is 368 g/mol. The molecule has 3 N–H and O–H groups in total. The van der Waals surface area contributed by atoms with Crippen LogP contribution in [0.1, 0.15) is 40.5 Å². The van der Waals surface area contributed by atoms with Crippen LogP contribution in [0.2, 0.25) is 0 Å². The zero-order valence-electron chi connectivity index (χ0n) is 14.8. The number of benzene rings is 2. The molecule has 1 aliphatic carbocycles. The molecule has 7 heteroatoms. The molecule has 2 aromatic carbocycles. The molecule has 0 radical (unpaired) electrons. The molecule has 0 spiro atoms. The van der Waals surface area contributed by atoms with Crippen molar-refractivity contribution in [3.8, 4) is 11.5 Å². The first-order chi connectivity index (χ1) is 12.9. The van der Waals surface area contributed by atoms with Crippen molar-refractivity contribution in [2.45, 2.75) is 31.9 Å². The molecular formula is C20H20N2O5. The van der Waals surface area contributed by atoms with Crippen molar-refractivity contribution in [2.24, 2.45) is 5.73 Å². The second kappa shape index (κ2) is 7.90. The third kappa shape index (κ3) is 5.07. The SMILES string of the molecule is CC(OC(=O)c1ccc(Oc2ccc(C(N)=O)cc2)cc1)C(=O)NC1CC1. The van der Waals surface area contributed by atoms with E-state index in [1.54, 1.807) is 55.5 Å². The Labute approximate surface area is 156 Å². The Bertz CT molecular complexity index is 842. The summed E-state index contributed by atoms with van der Waals surface area (Å²) in [5.41, 5.74) is 5.90. The van der Waals surface area contributed by atoms with E-state index in [-0.39, 0.29) is 11.9 Å². The molecule has 0 aliphatic heterocycles. The summed E-state index contributed by atoms with van der Waals surface area (Å²) >= 11 is 0. The molecule has 1 atom stereocenters. The summed E-state index contributed by atoms with van der Waals surface area (Å²) in [5.74, 6) is -0.334. The number of esters is 1. The summed E-state index contributed by atoms with van der Waals surface area (Å²) in [5, 5.41) is 2.79. The predicted octanol–water partition coefficient (Wildman–Crippen LogP) is 2.40. The van der Waals surface area contributed by atoms with Gasteiger partial charge in [0.05, 0.1) is 5.56 Å². The topological polar surface area (TPSA) is 108 Å². The minimum absolute atomic E-state index is 0.215. The molecule has 0 aromatic heterocycles. The minimum atomic E-state index is -0.849. The Hall–Kier alpha value is -3.35. The zero-order chi connectivity index (χ0) is 19.4. The number of amides is 2. The number of nitrogens with two attached hydrogens (primary N) is 1. The van der Waals surface area contributed by atoms with E-state index in [1.165, 1.54) is 0 Å². The summed E-state index contributed by atoms with van der Waals surface area (Å²) in [6, 6.07) is 13.0. The molecule has 0 saturated heterocycles. The van der Waals surface area contributed by atoms with Crippen molar-refractivity contribution in [1.82, 2.24) is 5.32 Å². The van der Waals surface area contributed by atoms with Gasteiger partial charge in [0.1, 0.15) is 11.5 Å². The molecule has 2 amide bonds. The maximum atomic E-state index is 12.1. The maximum absolute atomic E-state index is 12.1. The zero-order valence-corrected chi connectivity index (χ0v) is 14.8. The van der Waals surface area contributed by atoms with E-state index in [4.69, 9.17) is 15.2 Å². The van der Waals surface area contributed by atoms with Gasteiger partial charge in [0.25, 0.3) is 5.91 Å². The first-order valence-electron chi connectivity index (χ1n) is 8.61. The summed E-state index contributed by atoms with van der Waals surface area (Å²) in [6.07, 6.45) is 1.09. The molecule has 0 bridgehead atoms. The standard InChI is InChI=1S/C20H20N2O5/c1-12(19(24)22-15-6-7-15)26-20(25)14-4-10-17(11-5-14)27-16-8-2-13(3-9-16)18(21)23/h2-5,8-12,15H,6-7H2,1H3,(H2,21,23)(H,22,24). The lowest BCUT2D eigenvalue weighted by molar-refractivity contribution is -0.129. The Balaban J connectivity index is 1.56. The van der Waals surface area contributed by atoms with Gasteiger partial charge in [0.15, 0.2) is 6.10 Å². The van der Waals surface area contributed by atoms with Gasteiger partial charge >= 0.3 is 5.97 Å². The fourth-order valence-corrected chi connectivity index (χ4v) is 2.31. The van der Waals surface area contributed by atoms with Gasteiger partial charge < -0.3 is 20.5 Å². The number of hydrogen-bond acceptors (Lipinski definition) is 5. The van der Waals surface area contributed by atoms with Gasteiger partial charge in [-0.15, -0.1) is 0 Å². The van der Waals surface area contributed by atoms with Crippen molar-refractivity contribution in [2.75, 3.05) is 0 Å². The largest absolute Gasteiger partial charge is 0.457 e. The van der Waals surface area contributed by atoms with E-state index in [2.05, 4.69) is 5.32 Å². The molecule has 1 saturated carbocycles. The Kier molecular flexibility index (Phi) is 5.40. The molecule has 3 rings (SSSR count). The highest BCUT2D eigenvalue weighted by atomic mass is 16.5. The number of rotatable bonds is 7. The summed E-state index contributed by atoms with van der Waals surface area (Å²) in [4.78, 5) is 35.0. The van der Waals surface area contributed by atoms with E-state index in [0.717, 1.165) is 12.8 Å². The summed E-state index contributed by atoms with van der Waals surface area (Å²) < 4.78 is 10.8. The quantitative estimate of drug-likeness (QED) is 0.730. The van der Waals surface area contributed by atoms with Gasteiger partial charge in [-0.25, -0.2) is 4.79 Å². The predicted molar refractivity (Wildman–Crippen MR) is 97.5 cm³/mol. The van der Waals surface area contributed by atoms with Gasteiger partial charge in [-0.05, 0) is 68.3 Å². The van der Waals surface area contributed by atoms with Crippen molar-refractivity contribution >= 4 is 17.8 Å². The first kappa shape index (κ1) is 18.4. The van der Waals surface area contributed by atoms with Gasteiger partial charge in [0, 0.05) is 11.6 Å². The van der Waals surface area contributed by atoms with Crippen LogP contribution >= 0.6 is 0 Å². The monoisotopic (exact) mass is 368 g/mol. The Morgan fingerprint density at radius 1 is 0.963 bits per heavy atom. The highest BCUT2D eigenvalue weighted by Crippen LogP contribution is 2.22. The molecule has 140 valence electrons. The summed E-state index contributed by atoms with van der Waals surface area (Å²) in [7, 11) is 0. The number of hydrogen-bond donors (Lipinski definition) is 2. The fraction of sp³-hybridized carbons (Fsp3) is 0.250. The van der Waals surface area contributed by atoms with Gasteiger partial charge in [0.2, 0.25) is 5.91 Å². The average Bonchev–Trinajstić information content (AvgIpc) is 3.46. The van der Waals surface area contributed by atoms with Crippen LogP contribution in [0.4, 0.5) is 0 Å². The van der Waals surface area contributed by atoms with Crippen molar-refractivity contribution in [1.29, 1.82) is 0 Å². The Morgan fingerprint density at radius 3 is 1.96 bits per heavy atom. The molecule has 7 nitrogen and oxygen atoms in total. The first-order valence-corrected chi connectivity index (χ1v) is 8.61. The smallest absolute Gasteiger partial charge is 0.338 e. The fourth-order valence-electron chi connectivity index (χ4n) is 2.31. The lowest BCUT2D eigenvalue weighted by Crippen LogP contribution is -2.37. The van der Waals surface area contributed by atoms with Crippen molar-refractivity contribution in [3.63, 3.8) is 0 Å². The number of carbonyl (C=O) groups is 3.